The summed E-state index contributed by atoms with van der Waals surface area (Å²) >= 11 is 6.16. The van der Waals surface area contributed by atoms with E-state index in [-0.39, 0.29) is 6.61 Å². The van der Waals surface area contributed by atoms with Crippen LogP contribution in [0.3, 0.4) is 0 Å². The normalized spacial score (nSPS) is 20.7. The highest BCUT2D eigenvalue weighted by molar-refractivity contribution is 6.32. The van der Waals surface area contributed by atoms with Gasteiger partial charge in [-0.05, 0) is 63.1 Å². The van der Waals surface area contributed by atoms with E-state index in [2.05, 4.69) is 11.6 Å². The van der Waals surface area contributed by atoms with Gasteiger partial charge in [-0.2, -0.15) is 0 Å². The number of ether oxygens (including phenoxy) is 3. The van der Waals surface area contributed by atoms with Crippen molar-refractivity contribution in [1.82, 2.24) is 0 Å². The van der Waals surface area contributed by atoms with Crippen LogP contribution in [0.25, 0.3) is 0 Å². The highest BCUT2D eigenvalue weighted by atomic mass is 35.5. The number of rotatable bonds is 9. The Balaban J connectivity index is 1.59. The van der Waals surface area contributed by atoms with Crippen LogP contribution < -0.4 is 4.74 Å². The van der Waals surface area contributed by atoms with Gasteiger partial charge in [-0.3, -0.25) is 9.98 Å². The van der Waals surface area contributed by atoms with Crippen LogP contribution in [0.15, 0.2) is 69.3 Å². The molecule has 0 aromatic heterocycles. The van der Waals surface area contributed by atoms with Crippen LogP contribution in [-0.4, -0.2) is 48.2 Å². The second kappa shape index (κ2) is 10.8. The fourth-order valence-corrected chi connectivity index (χ4v) is 3.83. The molecule has 2 aliphatic rings. The van der Waals surface area contributed by atoms with E-state index in [1.807, 2.05) is 31.2 Å². The summed E-state index contributed by atoms with van der Waals surface area (Å²) in [7, 11) is 0. The summed E-state index contributed by atoms with van der Waals surface area (Å²) in [6.45, 7) is 10.7. The number of allylic oxidation sites excluding steroid dienone is 2. The molecule has 1 aliphatic carbocycles. The van der Waals surface area contributed by atoms with E-state index in [9.17, 15) is 9.59 Å². The van der Waals surface area contributed by atoms with Crippen molar-refractivity contribution < 1.29 is 23.8 Å². The summed E-state index contributed by atoms with van der Waals surface area (Å²) in [5, 5.41) is 0.770. The molecule has 7 nitrogen and oxygen atoms in total. The predicted octanol–water partition coefficient (Wildman–Crippen LogP) is 4.74. The molecule has 0 radical (unpaired) electrons. The van der Waals surface area contributed by atoms with Gasteiger partial charge in [-0.25, -0.2) is 9.59 Å². The van der Waals surface area contributed by atoms with Crippen molar-refractivity contribution in [2.75, 3.05) is 6.61 Å². The first-order valence-electron chi connectivity index (χ1n) is 11.1. The summed E-state index contributed by atoms with van der Waals surface area (Å²) in [6.07, 6.45) is 4.75. The number of benzene rings is 1. The van der Waals surface area contributed by atoms with Crippen LogP contribution >= 0.6 is 11.6 Å². The third-order valence-corrected chi connectivity index (χ3v) is 5.64. The predicted molar refractivity (Wildman–Crippen MR) is 133 cm³/mol. The number of nitrogens with zero attached hydrogens (tertiary/aromatic N) is 2. The number of carbonyl (C=O) groups is 2. The van der Waals surface area contributed by atoms with E-state index in [1.54, 1.807) is 39.1 Å². The number of fused-ring (bicyclic) bond motifs is 1. The molecule has 180 valence electrons. The maximum Gasteiger partial charge on any atom is 0.351 e. The molecule has 3 rings (SSSR count). The average Bonchev–Trinajstić information content (AvgIpc) is 2.78. The second-order valence-corrected chi connectivity index (χ2v) is 8.96. The Morgan fingerprint density at radius 2 is 1.91 bits per heavy atom. The Morgan fingerprint density at radius 1 is 1.21 bits per heavy atom. The van der Waals surface area contributed by atoms with Crippen LogP contribution in [-0.2, 0) is 25.5 Å². The molecule has 34 heavy (non-hydrogen) atoms. The first-order chi connectivity index (χ1) is 16.1. The fraction of sp³-hybridized carbons (Fsp3) is 0.385. The van der Waals surface area contributed by atoms with E-state index in [0.717, 1.165) is 22.0 Å². The van der Waals surface area contributed by atoms with E-state index < -0.39 is 29.7 Å². The van der Waals surface area contributed by atoms with Gasteiger partial charge in [0.05, 0.1) is 18.0 Å². The summed E-state index contributed by atoms with van der Waals surface area (Å²) in [5.74, 6) is -0.842. The number of aliphatic imine (C=N–C) groups is 2. The smallest absolute Gasteiger partial charge is 0.351 e. The molecule has 0 amide bonds. The maximum atomic E-state index is 12.4. The fourth-order valence-electron chi connectivity index (χ4n) is 3.51. The van der Waals surface area contributed by atoms with Crippen LogP contribution in [0.1, 0.15) is 39.7 Å². The summed E-state index contributed by atoms with van der Waals surface area (Å²) in [6, 6.07) is 7.35. The molecule has 0 bridgehead atoms. The minimum absolute atomic E-state index is 0.180. The minimum Gasteiger partial charge on any atom is -0.479 e. The van der Waals surface area contributed by atoms with Gasteiger partial charge in [-0.1, -0.05) is 30.3 Å². The standard InChI is InChI=1S/C26H29ClN2O5/c1-6-32-25(31)23(16(2)3)34-24(30)17(4)33-21-10-7-18(8-11-21)13-20-15-28-26(5)14-19(27)9-12-22(26)29-20/h7-12,15,17,23H,2,6,13-14H2,1,3-5H3. The molecule has 0 fully saturated rings. The molecule has 0 N–H and O–H groups in total. The highest BCUT2D eigenvalue weighted by Crippen LogP contribution is 2.36. The molecule has 1 aliphatic heterocycles. The molecule has 1 aromatic carbocycles. The van der Waals surface area contributed by atoms with Gasteiger partial charge < -0.3 is 14.2 Å². The van der Waals surface area contributed by atoms with Crippen LogP contribution in [0.2, 0.25) is 0 Å². The number of esters is 2. The quantitative estimate of drug-likeness (QED) is 0.373. The highest BCUT2D eigenvalue weighted by Gasteiger charge is 2.33. The van der Waals surface area contributed by atoms with Gasteiger partial charge in [0.15, 0.2) is 6.10 Å². The Morgan fingerprint density at radius 3 is 2.56 bits per heavy atom. The molecule has 3 atom stereocenters. The van der Waals surface area contributed by atoms with Crippen molar-refractivity contribution in [3.8, 4) is 5.75 Å². The van der Waals surface area contributed by atoms with Crippen molar-refractivity contribution in [3.05, 3.63) is 64.9 Å². The average molecular weight is 485 g/mol. The van der Waals surface area contributed by atoms with Crippen molar-refractivity contribution in [3.63, 3.8) is 0 Å². The molecule has 0 saturated heterocycles. The van der Waals surface area contributed by atoms with Crippen LogP contribution in [0.5, 0.6) is 5.75 Å². The van der Waals surface area contributed by atoms with Crippen molar-refractivity contribution >= 4 is 35.5 Å². The third kappa shape index (κ3) is 6.23. The lowest BCUT2D eigenvalue weighted by molar-refractivity contribution is -0.168. The first-order valence-corrected chi connectivity index (χ1v) is 11.5. The van der Waals surface area contributed by atoms with Gasteiger partial charge in [0, 0.05) is 24.1 Å². The summed E-state index contributed by atoms with van der Waals surface area (Å²) in [5.41, 5.74) is 2.74. The Kier molecular flexibility index (Phi) is 8.10. The summed E-state index contributed by atoms with van der Waals surface area (Å²) < 4.78 is 15.9. The molecular weight excluding hydrogens is 456 g/mol. The number of hydrogen-bond donors (Lipinski definition) is 0. The van der Waals surface area contributed by atoms with E-state index >= 15 is 0 Å². The molecule has 1 heterocycles. The monoisotopic (exact) mass is 484 g/mol. The molecule has 0 saturated carbocycles. The van der Waals surface area contributed by atoms with E-state index in [1.165, 1.54) is 0 Å². The SMILES string of the molecule is C=C(C)C(OC(=O)C(C)Oc1ccc(CC2=NC3=CC=C(Cl)CC3(C)N=C2)cc1)C(=O)OCC. The molecule has 8 heteroatoms. The molecule has 0 spiro atoms. The Bertz CT molecular complexity index is 1090. The molecule has 3 unspecified atom stereocenters. The number of halogens is 1. The zero-order valence-corrected chi connectivity index (χ0v) is 20.6. The zero-order valence-electron chi connectivity index (χ0n) is 19.8. The van der Waals surface area contributed by atoms with Crippen LogP contribution in [0.4, 0.5) is 0 Å². The summed E-state index contributed by atoms with van der Waals surface area (Å²) in [4.78, 5) is 33.8. The minimum atomic E-state index is -1.16. The van der Waals surface area contributed by atoms with Gasteiger partial charge in [-0.15, -0.1) is 0 Å². The van der Waals surface area contributed by atoms with Crippen LogP contribution in [0, 0.1) is 0 Å². The second-order valence-electron chi connectivity index (χ2n) is 8.47. The first kappa shape index (κ1) is 25.4. The largest absolute Gasteiger partial charge is 0.479 e. The number of carbonyl (C=O) groups excluding carboxylic acids is 2. The number of hydrogen-bond acceptors (Lipinski definition) is 7. The molecular formula is C26H29ClN2O5. The third-order valence-electron chi connectivity index (χ3n) is 5.39. The lowest BCUT2D eigenvalue weighted by atomic mass is 9.89. The Labute approximate surface area is 204 Å². The molecule has 1 aromatic rings. The Hall–Kier alpha value is -3.19. The zero-order chi connectivity index (χ0) is 24.9. The van der Waals surface area contributed by atoms with Crippen molar-refractivity contribution in [1.29, 1.82) is 0 Å². The van der Waals surface area contributed by atoms with E-state index in [0.29, 0.717) is 24.2 Å². The van der Waals surface area contributed by atoms with Gasteiger partial charge in [0.25, 0.3) is 0 Å². The maximum absolute atomic E-state index is 12.4. The van der Waals surface area contributed by atoms with E-state index in [4.69, 9.17) is 30.8 Å². The topological polar surface area (TPSA) is 86.5 Å². The van der Waals surface area contributed by atoms with Gasteiger partial charge in [0.1, 0.15) is 11.3 Å². The lowest BCUT2D eigenvalue weighted by Gasteiger charge is -2.31. The van der Waals surface area contributed by atoms with Crippen molar-refractivity contribution in [2.24, 2.45) is 9.98 Å². The van der Waals surface area contributed by atoms with Gasteiger partial charge >= 0.3 is 11.9 Å². The van der Waals surface area contributed by atoms with Gasteiger partial charge in [0.2, 0.25) is 6.10 Å². The van der Waals surface area contributed by atoms with Crippen molar-refractivity contribution in [2.45, 2.75) is 58.3 Å². The lowest BCUT2D eigenvalue weighted by Crippen LogP contribution is -2.35.